The van der Waals surface area contributed by atoms with Gasteiger partial charge in [0.2, 0.25) is 5.91 Å². The number of carbonyl (C=O) groups is 2. The van der Waals surface area contributed by atoms with Crippen LogP contribution in [0, 0.1) is 0 Å². The first-order chi connectivity index (χ1) is 10.4. The second kappa shape index (κ2) is 5.21. The third-order valence-corrected chi connectivity index (χ3v) is 4.16. The van der Waals surface area contributed by atoms with Crippen molar-refractivity contribution in [1.29, 1.82) is 0 Å². The number of carboxylic acids is 1. The van der Waals surface area contributed by atoms with Crippen molar-refractivity contribution in [3.05, 3.63) is 41.7 Å². The molecule has 0 aliphatic carbocycles. The molecule has 2 aromatic heterocycles. The Bertz CT molecular complexity index is 928. The minimum absolute atomic E-state index is 0.0351. The summed E-state index contributed by atoms with van der Waals surface area (Å²) in [6, 6.07) is 7.24. The fourth-order valence-corrected chi connectivity index (χ4v) is 3.16. The molecule has 0 saturated carbocycles. The van der Waals surface area contributed by atoms with Gasteiger partial charge in [0.15, 0.2) is 0 Å². The van der Waals surface area contributed by atoms with Gasteiger partial charge in [-0.3, -0.25) is 9.36 Å². The number of benzene rings is 1. The van der Waals surface area contributed by atoms with Crippen LogP contribution in [-0.4, -0.2) is 26.5 Å². The van der Waals surface area contributed by atoms with Crippen LogP contribution in [0.2, 0.25) is 0 Å². The normalized spacial score (nSPS) is 12.7. The summed E-state index contributed by atoms with van der Waals surface area (Å²) in [5.41, 5.74) is 2.35. The first-order valence-electron chi connectivity index (χ1n) is 6.73. The van der Waals surface area contributed by atoms with E-state index >= 15 is 0 Å². The van der Waals surface area contributed by atoms with Gasteiger partial charge in [0.05, 0.1) is 17.2 Å². The van der Waals surface area contributed by atoms with Gasteiger partial charge in [-0.25, -0.2) is 9.78 Å². The molecule has 5 nitrogen and oxygen atoms in total. The predicted molar refractivity (Wildman–Crippen MR) is 87.8 cm³/mol. The van der Waals surface area contributed by atoms with Crippen LogP contribution in [0.1, 0.15) is 39.5 Å². The van der Waals surface area contributed by atoms with Gasteiger partial charge in [0.25, 0.3) is 0 Å². The number of rotatable bonds is 2. The van der Waals surface area contributed by atoms with E-state index in [2.05, 4.69) is 20.9 Å². The number of aromatic carboxylic acids is 1. The number of halogens is 1. The van der Waals surface area contributed by atoms with E-state index in [4.69, 9.17) is 5.11 Å². The number of carboxylic acid groups (broad SMARTS) is 1. The van der Waals surface area contributed by atoms with Crippen molar-refractivity contribution in [3.8, 4) is 0 Å². The molecule has 1 unspecified atom stereocenters. The van der Waals surface area contributed by atoms with E-state index in [1.165, 1.54) is 19.2 Å². The van der Waals surface area contributed by atoms with Crippen LogP contribution in [0.5, 0.6) is 0 Å². The Morgan fingerprint density at radius 1 is 1.32 bits per heavy atom. The molecular formula is C16H13BrN2O3. The van der Waals surface area contributed by atoms with Crippen molar-refractivity contribution >= 4 is 49.6 Å². The van der Waals surface area contributed by atoms with Crippen molar-refractivity contribution in [2.24, 2.45) is 0 Å². The van der Waals surface area contributed by atoms with E-state index in [9.17, 15) is 9.59 Å². The summed E-state index contributed by atoms with van der Waals surface area (Å²) in [6.45, 7) is 3.47. The van der Waals surface area contributed by atoms with Crippen LogP contribution < -0.4 is 0 Å². The van der Waals surface area contributed by atoms with Gasteiger partial charge in [-0.1, -0.05) is 28.1 Å². The summed E-state index contributed by atoms with van der Waals surface area (Å²) in [6.07, 6.45) is 1.45. The minimum Gasteiger partial charge on any atom is -0.477 e. The molecular weight excluding hydrogens is 348 g/mol. The summed E-state index contributed by atoms with van der Waals surface area (Å²) in [5, 5.41) is 10.8. The van der Waals surface area contributed by atoms with E-state index < -0.39 is 5.97 Å². The van der Waals surface area contributed by atoms with Gasteiger partial charge in [-0.2, -0.15) is 0 Å². The highest BCUT2D eigenvalue weighted by molar-refractivity contribution is 9.09. The highest BCUT2D eigenvalue weighted by Gasteiger charge is 2.19. The molecule has 0 saturated heterocycles. The second-order valence-corrected chi connectivity index (χ2v) is 6.48. The van der Waals surface area contributed by atoms with Crippen LogP contribution in [-0.2, 0) is 0 Å². The average molecular weight is 361 g/mol. The number of hydrogen-bond donors (Lipinski definition) is 1. The number of hydrogen-bond acceptors (Lipinski definition) is 3. The Labute approximate surface area is 134 Å². The number of alkyl halides is 1. The average Bonchev–Trinajstić information content (AvgIpc) is 2.80. The summed E-state index contributed by atoms with van der Waals surface area (Å²) in [7, 11) is 0. The van der Waals surface area contributed by atoms with E-state index in [-0.39, 0.29) is 16.4 Å². The van der Waals surface area contributed by atoms with E-state index in [0.29, 0.717) is 5.52 Å². The lowest BCUT2D eigenvalue weighted by Crippen LogP contribution is -2.05. The van der Waals surface area contributed by atoms with Gasteiger partial charge >= 0.3 is 5.97 Å². The van der Waals surface area contributed by atoms with Crippen molar-refractivity contribution in [2.45, 2.75) is 18.7 Å². The molecule has 1 N–H and O–H groups in total. The topological polar surface area (TPSA) is 72.2 Å². The Hall–Kier alpha value is -2.21. The molecule has 0 spiro atoms. The smallest absolute Gasteiger partial charge is 0.354 e. The highest BCUT2D eigenvalue weighted by Crippen LogP contribution is 2.36. The lowest BCUT2D eigenvalue weighted by atomic mass is 10.0. The molecule has 0 aliphatic heterocycles. The molecule has 0 fully saturated rings. The minimum atomic E-state index is -1.09. The number of carbonyl (C=O) groups excluding carboxylic acids is 1. The third kappa shape index (κ3) is 2.11. The van der Waals surface area contributed by atoms with E-state index in [0.717, 1.165) is 21.9 Å². The molecule has 22 heavy (non-hydrogen) atoms. The standard InChI is InChI=1S/C16H13BrN2O3/c1-8(17)10-4-3-5-13-15(10)11-6-12(16(21)22)18-7-14(11)19(13)9(2)20/h3-8H,1-2H3,(H,21,22). The molecule has 0 bridgehead atoms. The summed E-state index contributed by atoms with van der Waals surface area (Å²) < 4.78 is 1.57. The molecule has 1 atom stereocenters. The molecule has 2 heterocycles. The summed E-state index contributed by atoms with van der Waals surface area (Å²) in [5.74, 6) is -1.22. The maximum absolute atomic E-state index is 12.0. The number of fused-ring (bicyclic) bond motifs is 3. The van der Waals surface area contributed by atoms with Crippen LogP contribution in [0.4, 0.5) is 0 Å². The number of aromatic nitrogens is 2. The lowest BCUT2D eigenvalue weighted by Gasteiger charge is -2.06. The SMILES string of the molecule is CC(=O)n1c2cnc(C(=O)O)cc2c2c(C(C)Br)cccc21. The van der Waals surface area contributed by atoms with Crippen LogP contribution >= 0.6 is 15.9 Å². The Kier molecular flexibility index (Phi) is 3.48. The Balaban J connectivity index is 2.56. The second-order valence-electron chi connectivity index (χ2n) is 5.10. The summed E-state index contributed by atoms with van der Waals surface area (Å²) >= 11 is 3.56. The molecule has 112 valence electrons. The third-order valence-electron chi connectivity index (χ3n) is 3.67. The molecule has 1 aromatic carbocycles. The maximum atomic E-state index is 12.0. The van der Waals surface area contributed by atoms with Gasteiger partial charge in [-0.05, 0) is 24.6 Å². The van der Waals surface area contributed by atoms with E-state index in [1.54, 1.807) is 4.57 Å². The predicted octanol–water partition coefficient (Wildman–Crippen LogP) is 4.00. The van der Waals surface area contributed by atoms with Gasteiger partial charge < -0.3 is 5.11 Å². The molecule has 3 rings (SSSR count). The summed E-state index contributed by atoms with van der Waals surface area (Å²) in [4.78, 5) is 27.2. The monoisotopic (exact) mass is 360 g/mol. The first-order valence-corrected chi connectivity index (χ1v) is 7.64. The Morgan fingerprint density at radius 3 is 2.64 bits per heavy atom. The lowest BCUT2D eigenvalue weighted by molar-refractivity contribution is 0.0690. The zero-order valence-corrected chi connectivity index (χ0v) is 13.6. The quantitative estimate of drug-likeness (QED) is 0.701. The van der Waals surface area contributed by atoms with Gasteiger partial charge in [0, 0.05) is 22.5 Å². The first kappa shape index (κ1) is 14.7. The van der Waals surface area contributed by atoms with Crippen molar-refractivity contribution in [2.75, 3.05) is 0 Å². The van der Waals surface area contributed by atoms with Crippen molar-refractivity contribution in [1.82, 2.24) is 9.55 Å². The van der Waals surface area contributed by atoms with Crippen molar-refractivity contribution < 1.29 is 14.7 Å². The van der Waals surface area contributed by atoms with E-state index in [1.807, 2.05) is 25.1 Å². The largest absolute Gasteiger partial charge is 0.477 e. The molecule has 0 aliphatic rings. The van der Waals surface area contributed by atoms with Crippen LogP contribution in [0.25, 0.3) is 21.8 Å². The number of nitrogens with zero attached hydrogens (tertiary/aromatic N) is 2. The van der Waals surface area contributed by atoms with Gasteiger partial charge in [0.1, 0.15) is 5.69 Å². The highest BCUT2D eigenvalue weighted by atomic mass is 79.9. The fraction of sp³-hybridized carbons (Fsp3) is 0.188. The molecule has 6 heteroatoms. The Morgan fingerprint density at radius 2 is 2.05 bits per heavy atom. The number of pyridine rings is 1. The van der Waals surface area contributed by atoms with Crippen molar-refractivity contribution in [3.63, 3.8) is 0 Å². The molecule has 0 radical (unpaired) electrons. The molecule has 3 aromatic rings. The van der Waals surface area contributed by atoms with Gasteiger partial charge in [-0.15, -0.1) is 0 Å². The fourth-order valence-electron chi connectivity index (χ4n) is 2.78. The van der Waals surface area contributed by atoms with Crippen LogP contribution in [0.3, 0.4) is 0 Å². The zero-order chi connectivity index (χ0) is 16.0. The maximum Gasteiger partial charge on any atom is 0.354 e. The zero-order valence-electron chi connectivity index (χ0n) is 12.0. The van der Waals surface area contributed by atoms with Crippen LogP contribution in [0.15, 0.2) is 30.5 Å². The molecule has 0 amide bonds.